The smallest absolute Gasteiger partial charge is 0.224 e. The van der Waals surface area contributed by atoms with Gasteiger partial charge in [-0.3, -0.25) is 4.79 Å². The van der Waals surface area contributed by atoms with Crippen molar-refractivity contribution in [2.45, 2.75) is 45.4 Å². The highest BCUT2D eigenvalue weighted by molar-refractivity contribution is 5.76. The zero-order chi connectivity index (χ0) is 14.2. The summed E-state index contributed by atoms with van der Waals surface area (Å²) in [5, 5.41) is 3.33. The van der Waals surface area contributed by atoms with Gasteiger partial charge < -0.3 is 10.2 Å². The second-order valence-electron chi connectivity index (χ2n) is 5.52. The minimum absolute atomic E-state index is 0.296. The van der Waals surface area contributed by atoms with Crippen LogP contribution in [0.3, 0.4) is 0 Å². The van der Waals surface area contributed by atoms with Gasteiger partial charge >= 0.3 is 0 Å². The summed E-state index contributed by atoms with van der Waals surface area (Å²) in [6.07, 6.45) is 6.52. The first-order valence-electron chi connectivity index (χ1n) is 7.90. The third kappa shape index (κ3) is 4.55. The number of carbonyl (C=O) groups is 1. The molecule has 110 valence electrons. The van der Waals surface area contributed by atoms with Gasteiger partial charge in [-0.1, -0.05) is 31.9 Å². The number of anilines is 1. The molecule has 0 atom stereocenters. The fourth-order valence-corrected chi connectivity index (χ4v) is 2.65. The molecule has 0 bridgehead atoms. The lowest BCUT2D eigenvalue weighted by Gasteiger charge is -2.20. The zero-order valence-corrected chi connectivity index (χ0v) is 12.5. The second kappa shape index (κ2) is 7.93. The molecule has 1 amide bonds. The second-order valence-corrected chi connectivity index (χ2v) is 5.52. The normalized spacial score (nSPS) is 15.8. The van der Waals surface area contributed by atoms with Gasteiger partial charge in [0, 0.05) is 31.7 Å². The van der Waals surface area contributed by atoms with E-state index in [2.05, 4.69) is 36.5 Å². The molecule has 1 heterocycles. The number of benzene rings is 1. The van der Waals surface area contributed by atoms with E-state index in [1.807, 2.05) is 4.90 Å². The van der Waals surface area contributed by atoms with Gasteiger partial charge in [-0.2, -0.15) is 0 Å². The quantitative estimate of drug-likeness (QED) is 0.892. The van der Waals surface area contributed by atoms with Crippen LogP contribution in [0.25, 0.3) is 0 Å². The van der Waals surface area contributed by atoms with Gasteiger partial charge in [0.1, 0.15) is 0 Å². The molecule has 0 spiro atoms. The molecule has 0 saturated carbocycles. The molecule has 1 saturated heterocycles. The number of nitrogens with zero attached hydrogens (tertiary/aromatic N) is 1. The monoisotopic (exact) mass is 274 g/mol. The van der Waals surface area contributed by atoms with Gasteiger partial charge in [-0.15, -0.1) is 0 Å². The molecule has 2 rings (SSSR count). The van der Waals surface area contributed by atoms with Crippen LogP contribution in [0.4, 0.5) is 5.69 Å². The van der Waals surface area contributed by atoms with Gasteiger partial charge in [0.25, 0.3) is 0 Å². The molecule has 1 aliphatic rings. The Bertz CT molecular complexity index is 406. The summed E-state index contributed by atoms with van der Waals surface area (Å²) < 4.78 is 0. The van der Waals surface area contributed by atoms with Crippen molar-refractivity contribution in [3.63, 3.8) is 0 Å². The van der Waals surface area contributed by atoms with E-state index >= 15 is 0 Å². The van der Waals surface area contributed by atoms with Crippen molar-refractivity contribution in [2.75, 3.05) is 25.0 Å². The maximum atomic E-state index is 12.1. The molecule has 20 heavy (non-hydrogen) atoms. The molecule has 0 unspecified atom stereocenters. The lowest BCUT2D eigenvalue weighted by Crippen LogP contribution is -2.32. The minimum atomic E-state index is 0.296. The van der Waals surface area contributed by atoms with Crippen LogP contribution in [0.2, 0.25) is 0 Å². The maximum absolute atomic E-state index is 12.1. The number of hydrogen-bond donors (Lipinski definition) is 1. The van der Waals surface area contributed by atoms with Gasteiger partial charge in [0.2, 0.25) is 5.91 Å². The van der Waals surface area contributed by atoms with Gasteiger partial charge in [-0.25, -0.2) is 0 Å². The van der Waals surface area contributed by atoms with Crippen LogP contribution in [0.1, 0.15) is 44.6 Å². The number of hydrogen-bond acceptors (Lipinski definition) is 2. The van der Waals surface area contributed by atoms with Crippen LogP contribution in [-0.4, -0.2) is 30.4 Å². The fraction of sp³-hybridized carbons (Fsp3) is 0.588. The van der Waals surface area contributed by atoms with Crippen LogP contribution in [-0.2, 0) is 11.2 Å². The van der Waals surface area contributed by atoms with E-state index in [1.54, 1.807) is 0 Å². The zero-order valence-electron chi connectivity index (χ0n) is 12.5. The highest BCUT2D eigenvalue weighted by atomic mass is 16.2. The number of nitrogens with one attached hydrogen (secondary N) is 1. The third-order valence-corrected chi connectivity index (χ3v) is 3.99. The summed E-state index contributed by atoms with van der Waals surface area (Å²) >= 11 is 0. The molecule has 3 heteroatoms. The Morgan fingerprint density at radius 1 is 1.10 bits per heavy atom. The molecule has 3 nitrogen and oxygen atoms in total. The SMILES string of the molecule is CCc1ccc(NCCC(=O)N2CCCCCC2)cc1. The van der Waals surface area contributed by atoms with Crippen LogP contribution in [0, 0.1) is 0 Å². The van der Waals surface area contributed by atoms with Crippen LogP contribution in [0.5, 0.6) is 0 Å². The number of rotatable bonds is 5. The molecule has 1 aromatic carbocycles. The Hall–Kier alpha value is -1.51. The first-order valence-corrected chi connectivity index (χ1v) is 7.90. The summed E-state index contributed by atoms with van der Waals surface area (Å²) in [4.78, 5) is 14.2. The average molecular weight is 274 g/mol. The first-order chi connectivity index (χ1) is 9.79. The summed E-state index contributed by atoms with van der Waals surface area (Å²) in [6, 6.07) is 8.46. The Labute approximate surface area is 122 Å². The summed E-state index contributed by atoms with van der Waals surface area (Å²) in [6.45, 7) is 4.77. The lowest BCUT2D eigenvalue weighted by atomic mass is 10.1. The molecule has 0 radical (unpaired) electrons. The molecule has 0 aromatic heterocycles. The number of carbonyl (C=O) groups excluding carboxylic acids is 1. The van der Waals surface area contributed by atoms with E-state index in [-0.39, 0.29) is 0 Å². The average Bonchev–Trinajstić information content (AvgIpc) is 2.77. The van der Waals surface area contributed by atoms with Crippen molar-refractivity contribution >= 4 is 11.6 Å². The van der Waals surface area contributed by atoms with Crippen molar-refractivity contribution in [3.8, 4) is 0 Å². The first kappa shape index (κ1) is 14.9. The predicted octanol–water partition coefficient (Wildman–Crippen LogP) is 3.45. The minimum Gasteiger partial charge on any atom is -0.385 e. The number of amides is 1. The van der Waals surface area contributed by atoms with Gasteiger partial charge in [0.15, 0.2) is 0 Å². The molecule has 0 aliphatic carbocycles. The standard InChI is InChI=1S/C17H26N2O/c1-2-15-7-9-16(10-8-15)18-12-11-17(20)19-13-5-3-4-6-14-19/h7-10,18H,2-6,11-14H2,1H3. The highest BCUT2D eigenvalue weighted by Crippen LogP contribution is 2.12. The van der Waals surface area contributed by atoms with Gasteiger partial charge in [-0.05, 0) is 37.0 Å². The van der Waals surface area contributed by atoms with E-state index in [1.165, 1.54) is 18.4 Å². The van der Waals surface area contributed by atoms with Crippen molar-refractivity contribution in [1.82, 2.24) is 4.90 Å². The Morgan fingerprint density at radius 3 is 2.35 bits per heavy atom. The molecular formula is C17H26N2O. The summed E-state index contributed by atoms with van der Waals surface area (Å²) in [5.41, 5.74) is 2.45. The topological polar surface area (TPSA) is 32.3 Å². The molecule has 1 aromatic rings. The Kier molecular flexibility index (Phi) is 5.90. The van der Waals surface area contributed by atoms with E-state index in [0.29, 0.717) is 12.3 Å². The Morgan fingerprint density at radius 2 is 1.75 bits per heavy atom. The van der Waals surface area contributed by atoms with Crippen LogP contribution < -0.4 is 5.32 Å². The predicted molar refractivity (Wildman–Crippen MR) is 84.0 cm³/mol. The lowest BCUT2D eigenvalue weighted by molar-refractivity contribution is -0.130. The molecule has 1 N–H and O–H groups in total. The Balaban J connectivity index is 1.72. The fourth-order valence-electron chi connectivity index (χ4n) is 2.65. The van der Waals surface area contributed by atoms with E-state index in [9.17, 15) is 4.79 Å². The number of likely N-dealkylation sites (tertiary alicyclic amines) is 1. The van der Waals surface area contributed by atoms with Crippen LogP contribution >= 0.6 is 0 Å². The van der Waals surface area contributed by atoms with Crippen molar-refractivity contribution in [3.05, 3.63) is 29.8 Å². The van der Waals surface area contributed by atoms with E-state index in [4.69, 9.17) is 0 Å². The van der Waals surface area contributed by atoms with Crippen molar-refractivity contribution in [2.24, 2.45) is 0 Å². The van der Waals surface area contributed by atoms with Gasteiger partial charge in [0.05, 0.1) is 0 Å². The molecule has 1 aliphatic heterocycles. The molecular weight excluding hydrogens is 248 g/mol. The summed E-state index contributed by atoms with van der Waals surface area (Å²) in [7, 11) is 0. The summed E-state index contributed by atoms with van der Waals surface area (Å²) in [5.74, 6) is 0.296. The van der Waals surface area contributed by atoms with Crippen molar-refractivity contribution in [1.29, 1.82) is 0 Å². The van der Waals surface area contributed by atoms with E-state index in [0.717, 1.165) is 44.6 Å². The van der Waals surface area contributed by atoms with Crippen LogP contribution in [0.15, 0.2) is 24.3 Å². The highest BCUT2D eigenvalue weighted by Gasteiger charge is 2.14. The largest absolute Gasteiger partial charge is 0.385 e. The maximum Gasteiger partial charge on any atom is 0.224 e. The molecule has 1 fully saturated rings. The number of aryl methyl sites for hydroxylation is 1. The van der Waals surface area contributed by atoms with E-state index < -0.39 is 0 Å². The van der Waals surface area contributed by atoms with Crippen molar-refractivity contribution < 1.29 is 4.79 Å². The third-order valence-electron chi connectivity index (χ3n) is 3.99.